The Bertz CT molecular complexity index is 1500. The number of amides is 2. The molecule has 1 aromatic heterocycles. The summed E-state index contributed by atoms with van der Waals surface area (Å²) in [6.07, 6.45) is 1.99. The summed E-state index contributed by atoms with van der Waals surface area (Å²) in [6, 6.07) is 23.3. The first-order valence-electron chi connectivity index (χ1n) is 11.9. The molecule has 2 amide bonds. The minimum absolute atomic E-state index is 0.137. The molecule has 0 radical (unpaired) electrons. The fourth-order valence-corrected chi connectivity index (χ4v) is 5.47. The van der Waals surface area contributed by atoms with Crippen molar-refractivity contribution in [1.82, 2.24) is 9.47 Å². The second kappa shape index (κ2) is 10.3. The highest BCUT2D eigenvalue weighted by molar-refractivity contribution is 6.36. The molecule has 1 aliphatic rings. The van der Waals surface area contributed by atoms with Crippen molar-refractivity contribution in [1.29, 1.82) is 0 Å². The van der Waals surface area contributed by atoms with Gasteiger partial charge >= 0.3 is 0 Å². The third kappa shape index (κ3) is 4.75. The molecule has 8 heteroatoms. The quantitative estimate of drug-likeness (QED) is 0.259. The molecule has 4 aromatic rings. The predicted molar refractivity (Wildman–Crippen MR) is 149 cm³/mol. The van der Waals surface area contributed by atoms with Gasteiger partial charge < -0.3 is 9.47 Å². The van der Waals surface area contributed by atoms with Gasteiger partial charge in [0.2, 0.25) is 5.91 Å². The van der Waals surface area contributed by atoms with Crippen LogP contribution in [0, 0.1) is 0 Å². The van der Waals surface area contributed by atoms with Crippen LogP contribution in [0.15, 0.2) is 85.1 Å². The maximum atomic E-state index is 14.2. The van der Waals surface area contributed by atoms with Gasteiger partial charge in [0, 0.05) is 22.3 Å². The van der Waals surface area contributed by atoms with Gasteiger partial charge in [-0.15, -0.1) is 0 Å². The van der Waals surface area contributed by atoms with Crippen molar-refractivity contribution in [3.8, 4) is 5.69 Å². The van der Waals surface area contributed by atoms with E-state index in [9.17, 15) is 9.59 Å². The molecule has 188 valence electrons. The Labute approximate surface area is 230 Å². The Balaban J connectivity index is 1.58. The normalized spacial score (nSPS) is 14.3. The minimum Gasteiger partial charge on any atom is -0.327 e. The Morgan fingerprint density at radius 1 is 0.865 bits per heavy atom. The number of hydrogen-bond donors (Lipinski definition) is 0. The number of nitrogens with zero attached hydrogens (tertiary/aromatic N) is 3. The molecule has 0 unspecified atom stereocenters. The van der Waals surface area contributed by atoms with E-state index in [2.05, 4.69) is 4.57 Å². The van der Waals surface area contributed by atoms with E-state index >= 15 is 0 Å². The van der Waals surface area contributed by atoms with Crippen LogP contribution >= 0.6 is 34.8 Å². The second-order valence-electron chi connectivity index (χ2n) is 9.16. The molecule has 0 bridgehead atoms. The van der Waals surface area contributed by atoms with Gasteiger partial charge in [-0.3, -0.25) is 14.5 Å². The van der Waals surface area contributed by atoms with Crippen LogP contribution in [0.3, 0.4) is 0 Å². The Morgan fingerprint density at radius 2 is 1.59 bits per heavy atom. The number of carbonyl (C=O) groups is 2. The number of rotatable bonds is 5. The van der Waals surface area contributed by atoms with Gasteiger partial charge in [0.1, 0.15) is 12.6 Å². The van der Waals surface area contributed by atoms with Crippen LogP contribution in [0.2, 0.25) is 15.1 Å². The number of aromatic nitrogens is 1. The molecule has 2 heterocycles. The fraction of sp³-hybridized carbons (Fsp3) is 0.172. The molecule has 1 aliphatic heterocycles. The molecule has 0 fully saturated rings. The number of para-hydroxylation sites is 2. The highest BCUT2D eigenvalue weighted by Gasteiger charge is 2.37. The zero-order chi connectivity index (χ0) is 26.3. The number of fused-ring (bicyclic) bond motifs is 3. The molecule has 0 saturated heterocycles. The molecule has 37 heavy (non-hydrogen) atoms. The second-order valence-corrected chi connectivity index (χ2v) is 10.4. The number of hydrogen-bond acceptors (Lipinski definition) is 2. The summed E-state index contributed by atoms with van der Waals surface area (Å²) in [5.74, 6) is -0.560. The van der Waals surface area contributed by atoms with E-state index in [0.717, 1.165) is 22.6 Å². The van der Waals surface area contributed by atoms with Crippen molar-refractivity contribution in [2.24, 2.45) is 0 Å². The van der Waals surface area contributed by atoms with Gasteiger partial charge in [-0.1, -0.05) is 59.1 Å². The van der Waals surface area contributed by atoms with E-state index < -0.39 is 6.04 Å². The van der Waals surface area contributed by atoms with Crippen LogP contribution in [-0.4, -0.2) is 33.9 Å². The third-order valence-corrected chi connectivity index (χ3v) is 7.29. The number of anilines is 1. The Morgan fingerprint density at radius 3 is 2.30 bits per heavy atom. The summed E-state index contributed by atoms with van der Waals surface area (Å²) in [7, 11) is 0. The first-order chi connectivity index (χ1) is 17.8. The van der Waals surface area contributed by atoms with E-state index in [0.29, 0.717) is 15.6 Å². The zero-order valence-corrected chi connectivity index (χ0v) is 22.5. The average molecular weight is 553 g/mol. The number of benzene rings is 3. The topological polar surface area (TPSA) is 45.6 Å². The van der Waals surface area contributed by atoms with Crippen LogP contribution in [0.5, 0.6) is 0 Å². The summed E-state index contributed by atoms with van der Waals surface area (Å²) >= 11 is 18.7. The molecule has 1 atom stereocenters. The molecule has 5 rings (SSSR count). The minimum atomic E-state index is -0.431. The first-order valence-corrected chi connectivity index (χ1v) is 13.0. The van der Waals surface area contributed by atoms with E-state index in [1.54, 1.807) is 17.0 Å². The van der Waals surface area contributed by atoms with E-state index in [-0.39, 0.29) is 29.4 Å². The first kappa shape index (κ1) is 25.4. The van der Waals surface area contributed by atoms with Gasteiger partial charge in [0.25, 0.3) is 5.91 Å². The van der Waals surface area contributed by atoms with Gasteiger partial charge in [0.15, 0.2) is 0 Å². The van der Waals surface area contributed by atoms with Gasteiger partial charge in [-0.2, -0.15) is 0 Å². The lowest BCUT2D eigenvalue weighted by Gasteiger charge is -2.40. The third-order valence-electron chi connectivity index (χ3n) is 6.50. The molecule has 0 saturated carbocycles. The smallest absolute Gasteiger partial charge is 0.256 e. The van der Waals surface area contributed by atoms with Crippen molar-refractivity contribution in [3.63, 3.8) is 0 Å². The molecular formula is C29H24Cl3N3O2. The van der Waals surface area contributed by atoms with Gasteiger partial charge in [-0.25, -0.2) is 0 Å². The summed E-state index contributed by atoms with van der Waals surface area (Å²) in [6.45, 7) is 3.61. The molecule has 0 spiro atoms. The largest absolute Gasteiger partial charge is 0.327 e. The van der Waals surface area contributed by atoms with Gasteiger partial charge in [-0.05, 0) is 74.0 Å². The molecule has 0 aliphatic carbocycles. The van der Waals surface area contributed by atoms with E-state index in [1.807, 2.05) is 80.7 Å². The Hall–Kier alpha value is -3.25. The lowest BCUT2D eigenvalue weighted by Crippen LogP contribution is -2.48. The standard InChI is InChI=1S/C29H24Cl3N3O2/c1-18(2)34(29(37)22-13-12-21(31)16-23(22)32)17-27(36)35-25-10-4-3-9-24(25)33-14-6-11-26(33)28(35)19-7-5-8-20(30)15-19/h3-16,18,28H,17H2,1-2H3/t28-/m1/s1. The van der Waals surface area contributed by atoms with Crippen molar-refractivity contribution >= 4 is 52.3 Å². The van der Waals surface area contributed by atoms with Crippen LogP contribution < -0.4 is 4.90 Å². The highest BCUT2D eigenvalue weighted by atomic mass is 35.5. The van der Waals surface area contributed by atoms with E-state index in [1.165, 1.54) is 11.0 Å². The average Bonchev–Trinajstić information content (AvgIpc) is 3.36. The SMILES string of the molecule is CC(C)N(CC(=O)N1c2ccccc2-n2cccc2[C@H]1c1cccc(Cl)c1)C(=O)c1ccc(Cl)cc1Cl. The fourth-order valence-electron chi connectivity index (χ4n) is 4.78. The molecule has 5 nitrogen and oxygen atoms in total. The van der Waals surface area contributed by atoms with Crippen molar-refractivity contribution < 1.29 is 9.59 Å². The number of carbonyl (C=O) groups excluding carboxylic acids is 2. The van der Waals surface area contributed by atoms with Crippen molar-refractivity contribution in [3.05, 3.63) is 117 Å². The molecule has 0 N–H and O–H groups in total. The zero-order valence-electron chi connectivity index (χ0n) is 20.2. The predicted octanol–water partition coefficient (Wildman–Crippen LogP) is 7.42. The highest BCUT2D eigenvalue weighted by Crippen LogP contribution is 2.42. The lowest BCUT2D eigenvalue weighted by molar-refractivity contribution is -0.120. The summed E-state index contributed by atoms with van der Waals surface area (Å²) in [5, 5.41) is 1.26. The maximum Gasteiger partial charge on any atom is 0.256 e. The van der Waals surface area contributed by atoms with Gasteiger partial charge in [0.05, 0.1) is 27.7 Å². The van der Waals surface area contributed by atoms with Crippen molar-refractivity contribution in [2.45, 2.75) is 25.9 Å². The van der Waals surface area contributed by atoms with Crippen LogP contribution in [0.1, 0.15) is 41.5 Å². The molecular weight excluding hydrogens is 529 g/mol. The monoisotopic (exact) mass is 551 g/mol. The number of halogens is 3. The van der Waals surface area contributed by atoms with Crippen LogP contribution in [0.25, 0.3) is 5.69 Å². The summed E-state index contributed by atoms with van der Waals surface area (Å²) in [5.41, 5.74) is 3.74. The van der Waals surface area contributed by atoms with Crippen molar-refractivity contribution in [2.75, 3.05) is 11.4 Å². The summed E-state index contributed by atoms with van der Waals surface area (Å²) in [4.78, 5) is 31.0. The Kier molecular flexibility index (Phi) is 7.04. The van der Waals surface area contributed by atoms with E-state index in [4.69, 9.17) is 34.8 Å². The maximum absolute atomic E-state index is 14.2. The molecule has 3 aromatic carbocycles. The van der Waals surface area contributed by atoms with Crippen LogP contribution in [0.4, 0.5) is 5.69 Å². The lowest BCUT2D eigenvalue weighted by atomic mass is 9.97. The van der Waals surface area contributed by atoms with Crippen LogP contribution in [-0.2, 0) is 4.79 Å². The summed E-state index contributed by atoms with van der Waals surface area (Å²) < 4.78 is 2.09.